The van der Waals surface area contributed by atoms with Crippen LogP contribution in [0.25, 0.3) is 0 Å². The first-order valence-electron chi connectivity index (χ1n) is 11.0. The zero-order chi connectivity index (χ0) is 25.9. The minimum Gasteiger partial charge on any atom is -0.494 e. The van der Waals surface area contributed by atoms with E-state index in [2.05, 4.69) is 31.8 Å². The van der Waals surface area contributed by atoms with Gasteiger partial charge >= 0.3 is 17.8 Å². The summed E-state index contributed by atoms with van der Waals surface area (Å²) < 4.78 is 17.3. The topological polar surface area (TPSA) is 115 Å². The Morgan fingerprint density at radius 2 is 1.56 bits per heavy atom. The van der Waals surface area contributed by atoms with Gasteiger partial charge in [-0.1, -0.05) is 15.9 Å². The normalized spacial score (nSPS) is 10.5. The molecule has 186 valence electrons. The van der Waals surface area contributed by atoms with Crippen molar-refractivity contribution >= 4 is 45.6 Å². The highest BCUT2D eigenvalue weighted by molar-refractivity contribution is 9.10. The largest absolute Gasteiger partial charge is 0.494 e. The van der Waals surface area contributed by atoms with Crippen LogP contribution in [0.3, 0.4) is 0 Å². The van der Waals surface area contributed by atoms with Crippen LogP contribution in [0, 0.1) is 0 Å². The average Bonchev–Trinajstić information content (AvgIpc) is 2.87. The van der Waals surface area contributed by atoms with Gasteiger partial charge < -0.3 is 19.5 Å². The van der Waals surface area contributed by atoms with E-state index in [0.717, 1.165) is 4.47 Å². The minimum absolute atomic E-state index is 0.228. The van der Waals surface area contributed by atoms with Crippen LogP contribution in [0.1, 0.15) is 29.8 Å². The first kappa shape index (κ1) is 26.4. The second-order valence-electron chi connectivity index (χ2n) is 7.15. The number of anilines is 1. The molecule has 36 heavy (non-hydrogen) atoms. The Balaban J connectivity index is 1.62. The molecule has 9 nitrogen and oxygen atoms in total. The smallest absolute Gasteiger partial charge is 0.343 e. The summed E-state index contributed by atoms with van der Waals surface area (Å²) >= 11 is 3.30. The molecule has 0 aromatic heterocycles. The predicted molar refractivity (Wildman–Crippen MR) is 139 cm³/mol. The van der Waals surface area contributed by atoms with Gasteiger partial charge in [-0.2, -0.15) is 5.10 Å². The molecule has 0 aliphatic rings. The van der Waals surface area contributed by atoms with E-state index in [4.69, 9.17) is 14.2 Å². The van der Waals surface area contributed by atoms with Crippen molar-refractivity contribution in [3.8, 4) is 17.2 Å². The summed E-state index contributed by atoms with van der Waals surface area (Å²) in [5.41, 5.74) is 3.55. The van der Waals surface area contributed by atoms with Crippen molar-refractivity contribution in [2.45, 2.75) is 13.8 Å². The van der Waals surface area contributed by atoms with E-state index < -0.39 is 17.8 Å². The molecule has 0 saturated carbocycles. The maximum atomic E-state index is 12.6. The molecule has 2 N–H and O–H groups in total. The third-order valence-electron chi connectivity index (χ3n) is 4.56. The number of benzene rings is 3. The molecule has 10 heteroatoms. The van der Waals surface area contributed by atoms with Crippen LogP contribution in [0.15, 0.2) is 76.3 Å². The molecule has 0 aliphatic heterocycles. The molecule has 0 spiro atoms. The summed E-state index contributed by atoms with van der Waals surface area (Å²) in [5.74, 6) is -1.14. The maximum absolute atomic E-state index is 12.6. The van der Waals surface area contributed by atoms with Crippen molar-refractivity contribution in [2.24, 2.45) is 5.10 Å². The average molecular weight is 554 g/mol. The number of ether oxygens (including phenoxy) is 3. The second kappa shape index (κ2) is 13.1. The first-order valence-corrected chi connectivity index (χ1v) is 11.8. The Hall–Kier alpha value is -4.18. The van der Waals surface area contributed by atoms with E-state index in [1.165, 1.54) is 6.21 Å². The van der Waals surface area contributed by atoms with Gasteiger partial charge in [-0.3, -0.25) is 9.59 Å². The van der Waals surface area contributed by atoms with E-state index in [9.17, 15) is 14.4 Å². The molecule has 0 heterocycles. The standard InChI is InChI=1S/C26H24BrN3O6/c1-3-34-21-12-6-18(7-13-21)26(33)36-22-14-5-17(15-23(22)35-4-2)16-28-30-25(32)24(31)29-20-10-8-19(27)9-11-20/h5-16H,3-4H2,1-2H3,(H,29,31)(H,30,32)/b28-16+. The molecule has 0 fully saturated rings. The zero-order valence-corrected chi connectivity index (χ0v) is 21.2. The van der Waals surface area contributed by atoms with Gasteiger partial charge in [-0.05, 0) is 86.1 Å². The molecule has 3 rings (SSSR count). The molecule has 0 radical (unpaired) electrons. The fourth-order valence-corrected chi connectivity index (χ4v) is 3.17. The van der Waals surface area contributed by atoms with Crippen LogP contribution < -0.4 is 25.0 Å². The van der Waals surface area contributed by atoms with Crippen LogP contribution in [0.4, 0.5) is 5.69 Å². The minimum atomic E-state index is -0.930. The summed E-state index contributed by atoms with van der Waals surface area (Å²) in [6, 6.07) is 18.2. The summed E-state index contributed by atoms with van der Waals surface area (Å²) in [6.45, 7) is 4.53. The number of rotatable bonds is 9. The monoisotopic (exact) mass is 553 g/mol. The number of hydrogen-bond acceptors (Lipinski definition) is 7. The SMILES string of the molecule is CCOc1ccc(C(=O)Oc2ccc(/C=N/NC(=O)C(=O)Nc3ccc(Br)cc3)cc2OCC)cc1. The maximum Gasteiger partial charge on any atom is 0.343 e. The van der Waals surface area contributed by atoms with Crippen LogP contribution in [0.5, 0.6) is 17.2 Å². The van der Waals surface area contributed by atoms with Crippen molar-refractivity contribution in [3.63, 3.8) is 0 Å². The number of carbonyl (C=O) groups is 3. The molecule has 2 amide bonds. The predicted octanol–water partition coefficient (Wildman–Crippen LogP) is 4.55. The lowest BCUT2D eigenvalue weighted by molar-refractivity contribution is -0.136. The van der Waals surface area contributed by atoms with Gasteiger partial charge in [0.2, 0.25) is 0 Å². The van der Waals surface area contributed by atoms with E-state index in [1.54, 1.807) is 73.7 Å². The number of hydrazone groups is 1. The van der Waals surface area contributed by atoms with Crippen LogP contribution in [0.2, 0.25) is 0 Å². The van der Waals surface area contributed by atoms with Gasteiger partial charge in [-0.15, -0.1) is 0 Å². The van der Waals surface area contributed by atoms with E-state index in [1.807, 2.05) is 6.92 Å². The van der Waals surface area contributed by atoms with Gasteiger partial charge in [0.15, 0.2) is 11.5 Å². The fourth-order valence-electron chi connectivity index (χ4n) is 2.91. The number of amides is 2. The number of hydrogen-bond donors (Lipinski definition) is 2. The Morgan fingerprint density at radius 1 is 0.861 bits per heavy atom. The Kier molecular flexibility index (Phi) is 9.58. The van der Waals surface area contributed by atoms with Crippen LogP contribution in [-0.4, -0.2) is 37.2 Å². The molecular weight excluding hydrogens is 530 g/mol. The fraction of sp³-hybridized carbons (Fsp3) is 0.154. The van der Waals surface area contributed by atoms with Gasteiger partial charge in [0.1, 0.15) is 5.75 Å². The van der Waals surface area contributed by atoms with Crippen molar-refractivity contribution in [2.75, 3.05) is 18.5 Å². The first-order chi connectivity index (χ1) is 17.4. The summed E-state index contributed by atoms with van der Waals surface area (Å²) in [5, 5.41) is 6.28. The highest BCUT2D eigenvalue weighted by Crippen LogP contribution is 2.29. The molecule has 0 unspecified atom stereocenters. The Bertz CT molecular complexity index is 1240. The van der Waals surface area contributed by atoms with Crippen molar-refractivity contribution in [1.29, 1.82) is 0 Å². The van der Waals surface area contributed by atoms with E-state index in [-0.39, 0.29) is 5.75 Å². The molecule has 3 aromatic rings. The van der Waals surface area contributed by atoms with E-state index in [0.29, 0.717) is 41.5 Å². The lowest BCUT2D eigenvalue weighted by Gasteiger charge is -2.11. The Labute approximate surface area is 216 Å². The molecular formula is C26H24BrN3O6. The van der Waals surface area contributed by atoms with Crippen molar-refractivity contribution in [3.05, 3.63) is 82.3 Å². The van der Waals surface area contributed by atoms with Gasteiger partial charge in [0.25, 0.3) is 0 Å². The number of esters is 1. The number of carbonyl (C=O) groups excluding carboxylic acids is 3. The van der Waals surface area contributed by atoms with E-state index >= 15 is 0 Å². The second-order valence-corrected chi connectivity index (χ2v) is 8.06. The summed E-state index contributed by atoms with van der Waals surface area (Å²) in [6.07, 6.45) is 1.34. The quantitative estimate of drug-likeness (QED) is 0.132. The van der Waals surface area contributed by atoms with Gasteiger partial charge in [0.05, 0.1) is 25.0 Å². The van der Waals surface area contributed by atoms with Crippen molar-refractivity contribution in [1.82, 2.24) is 5.43 Å². The highest BCUT2D eigenvalue weighted by Gasteiger charge is 2.15. The summed E-state index contributed by atoms with van der Waals surface area (Å²) in [4.78, 5) is 36.6. The van der Waals surface area contributed by atoms with Crippen LogP contribution in [-0.2, 0) is 9.59 Å². The number of nitrogens with one attached hydrogen (secondary N) is 2. The lowest BCUT2D eigenvalue weighted by atomic mass is 10.2. The molecule has 0 aliphatic carbocycles. The summed E-state index contributed by atoms with van der Waals surface area (Å²) in [7, 11) is 0. The zero-order valence-electron chi connectivity index (χ0n) is 19.6. The number of nitrogens with zero attached hydrogens (tertiary/aromatic N) is 1. The Morgan fingerprint density at radius 3 is 2.22 bits per heavy atom. The molecule has 0 saturated heterocycles. The highest BCUT2D eigenvalue weighted by atomic mass is 79.9. The lowest BCUT2D eigenvalue weighted by Crippen LogP contribution is -2.32. The van der Waals surface area contributed by atoms with Crippen molar-refractivity contribution < 1.29 is 28.6 Å². The number of halogens is 1. The third-order valence-corrected chi connectivity index (χ3v) is 5.09. The van der Waals surface area contributed by atoms with Gasteiger partial charge in [0, 0.05) is 10.2 Å². The third kappa shape index (κ3) is 7.67. The molecule has 0 atom stereocenters. The molecule has 0 bridgehead atoms. The van der Waals surface area contributed by atoms with Gasteiger partial charge in [-0.25, -0.2) is 10.2 Å². The van der Waals surface area contributed by atoms with Crippen LogP contribution >= 0.6 is 15.9 Å². The molecule has 3 aromatic carbocycles.